The maximum absolute atomic E-state index is 11.1. The van der Waals surface area contributed by atoms with E-state index in [1.54, 1.807) is 18.2 Å². The first-order chi connectivity index (χ1) is 9.88. The smallest absolute Gasteiger partial charge is 0.335 e. The van der Waals surface area contributed by atoms with Crippen molar-refractivity contribution in [2.45, 2.75) is 26.3 Å². The van der Waals surface area contributed by atoms with E-state index in [0.717, 1.165) is 15.0 Å². The van der Waals surface area contributed by atoms with Crippen LogP contribution in [0.2, 0.25) is 0 Å². The zero-order valence-corrected chi connectivity index (χ0v) is 13.4. The summed E-state index contributed by atoms with van der Waals surface area (Å²) in [6, 6.07) is 5.08. The number of fused-ring (bicyclic) bond motifs is 1. The average molecular weight is 305 g/mol. The predicted molar refractivity (Wildman–Crippen MR) is 86.5 cm³/mol. The van der Waals surface area contributed by atoms with Gasteiger partial charge < -0.3 is 10.5 Å². The lowest BCUT2D eigenvalue weighted by molar-refractivity contribution is 0.0697. The van der Waals surface area contributed by atoms with E-state index < -0.39 is 5.97 Å². The molecule has 112 valence electrons. The lowest BCUT2D eigenvalue weighted by Crippen LogP contribution is -2.27. The fraction of sp³-hybridized carbons (Fsp3) is 0.333. The number of thiazole rings is 1. The minimum Gasteiger partial charge on any atom is -0.478 e. The van der Waals surface area contributed by atoms with E-state index in [1.807, 2.05) is 44.6 Å². The summed E-state index contributed by atoms with van der Waals surface area (Å²) in [6.07, 6.45) is 4.00. The van der Waals surface area contributed by atoms with Crippen molar-refractivity contribution in [1.82, 2.24) is 4.68 Å². The highest BCUT2D eigenvalue weighted by Crippen LogP contribution is 2.19. The molecule has 0 amide bonds. The first kappa shape index (κ1) is 15.3. The molecule has 0 radical (unpaired) electrons. The molecule has 0 unspecified atom stereocenters. The van der Waals surface area contributed by atoms with Gasteiger partial charge in [0.15, 0.2) is 0 Å². The Morgan fingerprint density at radius 1 is 1.48 bits per heavy atom. The van der Waals surface area contributed by atoms with E-state index in [-0.39, 0.29) is 11.1 Å². The molecule has 2 rings (SSSR count). The third kappa shape index (κ3) is 3.16. The summed E-state index contributed by atoms with van der Waals surface area (Å²) in [4.78, 5) is 16.6. The quantitative estimate of drug-likeness (QED) is 0.854. The maximum atomic E-state index is 11.1. The molecule has 1 heterocycles. The van der Waals surface area contributed by atoms with E-state index in [2.05, 4.69) is 5.43 Å². The lowest BCUT2D eigenvalue weighted by Gasteiger charge is -2.13. The second-order valence-corrected chi connectivity index (χ2v) is 6.21. The fourth-order valence-corrected chi connectivity index (χ4v) is 3.35. The SMILES string of the molecule is C/C=C\C(C)(C)N=c1sc2cc(C(=O)O)ccc2n1NC. The molecule has 0 aliphatic rings. The van der Waals surface area contributed by atoms with Gasteiger partial charge >= 0.3 is 5.97 Å². The topological polar surface area (TPSA) is 66.6 Å². The molecule has 2 aromatic rings. The highest BCUT2D eigenvalue weighted by atomic mass is 32.1. The molecule has 2 N–H and O–H groups in total. The molecule has 0 spiro atoms. The second-order valence-electron chi connectivity index (χ2n) is 5.20. The van der Waals surface area contributed by atoms with Crippen LogP contribution in [0, 0.1) is 0 Å². The van der Waals surface area contributed by atoms with Gasteiger partial charge in [0.1, 0.15) is 0 Å². The normalized spacial score (nSPS) is 13.2. The Hall–Kier alpha value is -2.08. The molecule has 0 aliphatic heterocycles. The van der Waals surface area contributed by atoms with Crippen LogP contribution in [-0.4, -0.2) is 28.3 Å². The Balaban J connectivity index is 2.70. The number of allylic oxidation sites excluding steroid dienone is 1. The maximum Gasteiger partial charge on any atom is 0.335 e. The van der Waals surface area contributed by atoms with Crippen LogP contribution in [0.1, 0.15) is 31.1 Å². The van der Waals surface area contributed by atoms with Crippen LogP contribution >= 0.6 is 11.3 Å². The zero-order chi connectivity index (χ0) is 15.6. The van der Waals surface area contributed by atoms with Crippen LogP contribution in [0.15, 0.2) is 35.3 Å². The molecule has 0 fully saturated rings. The van der Waals surface area contributed by atoms with Crippen LogP contribution in [0.3, 0.4) is 0 Å². The molecule has 1 aromatic heterocycles. The first-order valence-electron chi connectivity index (χ1n) is 6.64. The van der Waals surface area contributed by atoms with Gasteiger partial charge in [0, 0.05) is 7.05 Å². The van der Waals surface area contributed by atoms with Crippen molar-refractivity contribution >= 4 is 27.5 Å². The van der Waals surface area contributed by atoms with Crippen LogP contribution in [0.4, 0.5) is 0 Å². The minimum atomic E-state index is -0.922. The van der Waals surface area contributed by atoms with Crippen molar-refractivity contribution in [2.75, 3.05) is 12.5 Å². The van der Waals surface area contributed by atoms with E-state index >= 15 is 0 Å². The van der Waals surface area contributed by atoms with Gasteiger partial charge in [-0.1, -0.05) is 23.5 Å². The molecule has 21 heavy (non-hydrogen) atoms. The number of carbonyl (C=O) groups is 1. The van der Waals surface area contributed by atoms with E-state index in [4.69, 9.17) is 10.1 Å². The van der Waals surface area contributed by atoms with Crippen molar-refractivity contribution in [2.24, 2.45) is 4.99 Å². The van der Waals surface area contributed by atoms with Gasteiger partial charge in [-0.3, -0.25) is 0 Å². The van der Waals surface area contributed by atoms with Crippen LogP contribution < -0.4 is 10.2 Å². The monoisotopic (exact) mass is 305 g/mol. The number of aromatic carboxylic acids is 1. The molecule has 6 heteroatoms. The molecule has 0 atom stereocenters. The number of hydrogen-bond donors (Lipinski definition) is 2. The number of carboxylic acid groups (broad SMARTS) is 1. The second kappa shape index (κ2) is 5.73. The molecular weight excluding hydrogens is 286 g/mol. The predicted octanol–water partition coefficient (Wildman–Crippen LogP) is 2.83. The largest absolute Gasteiger partial charge is 0.478 e. The lowest BCUT2D eigenvalue weighted by atomic mass is 10.1. The first-order valence-corrected chi connectivity index (χ1v) is 7.46. The van der Waals surface area contributed by atoms with Gasteiger partial charge in [0.25, 0.3) is 0 Å². The van der Waals surface area contributed by atoms with Crippen molar-refractivity contribution in [3.63, 3.8) is 0 Å². The number of nitrogens with one attached hydrogen (secondary N) is 1. The van der Waals surface area contributed by atoms with Crippen molar-refractivity contribution in [3.05, 3.63) is 40.7 Å². The molecule has 0 saturated carbocycles. The molecular formula is C15H19N3O2S. The summed E-state index contributed by atoms with van der Waals surface area (Å²) in [5.74, 6) is -0.922. The van der Waals surface area contributed by atoms with Gasteiger partial charge in [0.2, 0.25) is 4.80 Å². The van der Waals surface area contributed by atoms with Crippen LogP contribution in [-0.2, 0) is 0 Å². The molecule has 0 saturated heterocycles. The van der Waals surface area contributed by atoms with Crippen molar-refractivity contribution in [3.8, 4) is 0 Å². The van der Waals surface area contributed by atoms with Gasteiger partial charge in [-0.15, -0.1) is 0 Å². The highest BCUT2D eigenvalue weighted by Gasteiger charge is 2.14. The Morgan fingerprint density at radius 2 is 2.19 bits per heavy atom. The van der Waals surface area contributed by atoms with Crippen LogP contribution in [0.5, 0.6) is 0 Å². The minimum absolute atomic E-state index is 0.284. The summed E-state index contributed by atoms with van der Waals surface area (Å²) in [5, 5.41) is 9.08. The van der Waals surface area contributed by atoms with Gasteiger partial charge in [-0.2, -0.15) is 0 Å². The molecule has 5 nitrogen and oxygen atoms in total. The molecule has 1 aromatic carbocycles. The van der Waals surface area contributed by atoms with E-state index in [0.29, 0.717) is 0 Å². The summed E-state index contributed by atoms with van der Waals surface area (Å²) in [6.45, 7) is 6.02. The molecule has 0 bridgehead atoms. The number of benzene rings is 1. The zero-order valence-electron chi connectivity index (χ0n) is 12.5. The molecule has 0 aliphatic carbocycles. The summed E-state index contributed by atoms with van der Waals surface area (Å²) in [7, 11) is 1.82. The number of carboxylic acids is 1. The Kier molecular flexibility index (Phi) is 4.18. The summed E-state index contributed by atoms with van der Waals surface area (Å²) < 4.78 is 2.76. The Labute approximate surface area is 127 Å². The van der Waals surface area contributed by atoms with Crippen molar-refractivity contribution < 1.29 is 9.90 Å². The van der Waals surface area contributed by atoms with Gasteiger partial charge in [-0.05, 0) is 39.0 Å². The standard InChI is InChI=1S/C15H19N3O2S/c1-5-8-15(2,3)17-14-18(16-4)11-7-6-10(13(19)20)9-12(11)21-14/h5-9,16H,1-4H3,(H,19,20)/b8-5-,17-14?. The summed E-state index contributed by atoms with van der Waals surface area (Å²) >= 11 is 1.47. The average Bonchev–Trinajstić information content (AvgIpc) is 2.73. The fourth-order valence-electron chi connectivity index (χ4n) is 2.14. The number of aromatic nitrogens is 1. The number of hydrogen-bond acceptors (Lipinski definition) is 4. The van der Waals surface area contributed by atoms with Crippen LogP contribution in [0.25, 0.3) is 10.2 Å². The number of rotatable bonds is 4. The third-order valence-electron chi connectivity index (χ3n) is 3.02. The Morgan fingerprint density at radius 3 is 2.76 bits per heavy atom. The Bertz CT molecular complexity index is 769. The van der Waals surface area contributed by atoms with Gasteiger partial charge in [0.05, 0.1) is 21.3 Å². The third-order valence-corrected chi connectivity index (χ3v) is 4.03. The number of nitrogens with zero attached hydrogens (tertiary/aromatic N) is 2. The van der Waals surface area contributed by atoms with E-state index in [9.17, 15) is 4.79 Å². The highest BCUT2D eigenvalue weighted by molar-refractivity contribution is 7.16. The van der Waals surface area contributed by atoms with Gasteiger partial charge in [-0.25, -0.2) is 14.5 Å². The van der Waals surface area contributed by atoms with E-state index in [1.165, 1.54) is 11.3 Å². The van der Waals surface area contributed by atoms with Crippen molar-refractivity contribution in [1.29, 1.82) is 0 Å². The summed E-state index contributed by atoms with van der Waals surface area (Å²) in [5.41, 5.74) is 3.98.